The lowest BCUT2D eigenvalue weighted by Crippen LogP contribution is -2.22. The number of carbonyl (C=O) groups excluding carboxylic acids is 1. The van der Waals surface area contributed by atoms with Gasteiger partial charge in [0.05, 0.1) is 6.54 Å². The molecule has 0 radical (unpaired) electrons. The monoisotopic (exact) mass is 281 g/mol. The zero-order valence-corrected chi connectivity index (χ0v) is 12.2. The number of carboxylic acids is 1. The van der Waals surface area contributed by atoms with Crippen molar-refractivity contribution in [2.75, 3.05) is 0 Å². The van der Waals surface area contributed by atoms with Gasteiger partial charge in [0.15, 0.2) is 0 Å². The predicted octanol–water partition coefficient (Wildman–Crippen LogP) is 3.26. The third kappa shape index (κ3) is 5.47. The Bertz CT molecular complexity index is 451. The summed E-state index contributed by atoms with van der Waals surface area (Å²) >= 11 is 0. The third-order valence-electron chi connectivity index (χ3n) is 3.17. The van der Waals surface area contributed by atoms with Crippen LogP contribution in [0.25, 0.3) is 0 Å². The zero-order chi connectivity index (χ0) is 15.0. The molecule has 0 saturated carbocycles. The van der Waals surface area contributed by atoms with Gasteiger partial charge in [0.2, 0.25) is 5.91 Å². The van der Waals surface area contributed by atoms with Crippen molar-refractivity contribution in [1.82, 2.24) is 5.32 Å². The number of hydrogen-bond donors (Lipinski definition) is 2. The number of carboxylic acid groups (broad SMARTS) is 1. The van der Waals surface area contributed by atoms with Gasteiger partial charge in [-0.15, -0.1) is 0 Å². The first-order valence-corrected chi connectivity index (χ1v) is 7.14. The molecule has 0 fully saturated rings. The Kier molecular flexibility index (Phi) is 6.84. The van der Waals surface area contributed by atoms with Gasteiger partial charge in [-0.1, -0.05) is 32.6 Å². The van der Waals surface area contributed by atoms with Crippen molar-refractivity contribution in [2.24, 2.45) is 0 Å². The number of aromatic carboxylic acids is 1. The van der Waals surface area contributed by atoms with E-state index in [1.54, 1.807) is 6.92 Å². The van der Waals surface area contributed by atoms with E-state index in [0.717, 1.165) is 12.8 Å². The molecule has 0 aromatic carbocycles. The molecule has 112 valence electrons. The number of carbonyl (C=O) groups is 2. The van der Waals surface area contributed by atoms with Crippen molar-refractivity contribution in [1.29, 1.82) is 0 Å². The number of amides is 1. The van der Waals surface area contributed by atoms with E-state index in [4.69, 9.17) is 9.52 Å². The van der Waals surface area contributed by atoms with Gasteiger partial charge >= 0.3 is 5.97 Å². The Labute approximate surface area is 119 Å². The van der Waals surface area contributed by atoms with Crippen LogP contribution in [0.15, 0.2) is 10.5 Å². The SMILES string of the molecule is CCCCCCCC(=O)NCc1cc(C(=O)O)c(C)o1. The fraction of sp³-hybridized carbons (Fsp3) is 0.600. The van der Waals surface area contributed by atoms with Crippen LogP contribution in [0.5, 0.6) is 0 Å². The largest absolute Gasteiger partial charge is 0.478 e. The highest BCUT2D eigenvalue weighted by Gasteiger charge is 2.13. The van der Waals surface area contributed by atoms with Crippen LogP contribution >= 0.6 is 0 Å². The van der Waals surface area contributed by atoms with Gasteiger partial charge in [0, 0.05) is 6.42 Å². The van der Waals surface area contributed by atoms with Gasteiger partial charge in [-0.05, 0) is 19.4 Å². The van der Waals surface area contributed by atoms with Crippen LogP contribution in [-0.4, -0.2) is 17.0 Å². The quantitative estimate of drug-likeness (QED) is 0.681. The van der Waals surface area contributed by atoms with E-state index in [1.807, 2.05) is 0 Å². The second-order valence-corrected chi connectivity index (χ2v) is 4.93. The molecule has 1 amide bonds. The zero-order valence-electron chi connectivity index (χ0n) is 12.2. The first-order chi connectivity index (χ1) is 9.54. The molecule has 0 spiro atoms. The lowest BCUT2D eigenvalue weighted by molar-refractivity contribution is -0.121. The minimum absolute atomic E-state index is 0.0209. The van der Waals surface area contributed by atoms with Crippen molar-refractivity contribution in [2.45, 2.75) is 58.9 Å². The first-order valence-electron chi connectivity index (χ1n) is 7.14. The molecule has 0 aliphatic heterocycles. The van der Waals surface area contributed by atoms with Crippen LogP contribution in [0.3, 0.4) is 0 Å². The van der Waals surface area contributed by atoms with Crippen LogP contribution in [0.1, 0.15) is 67.3 Å². The van der Waals surface area contributed by atoms with E-state index < -0.39 is 5.97 Å². The predicted molar refractivity (Wildman–Crippen MR) is 75.6 cm³/mol. The summed E-state index contributed by atoms with van der Waals surface area (Å²) in [5.41, 5.74) is 0.147. The molecule has 1 rings (SSSR count). The normalized spacial score (nSPS) is 10.5. The standard InChI is InChI=1S/C15H23NO4/c1-3-4-5-6-7-8-14(17)16-10-12-9-13(15(18)19)11(2)20-12/h9H,3-8,10H2,1-2H3,(H,16,17)(H,18,19). The van der Waals surface area contributed by atoms with E-state index >= 15 is 0 Å². The van der Waals surface area contributed by atoms with Gasteiger partial charge in [-0.2, -0.15) is 0 Å². The Morgan fingerprint density at radius 3 is 2.55 bits per heavy atom. The van der Waals surface area contributed by atoms with Crippen LogP contribution in [-0.2, 0) is 11.3 Å². The van der Waals surface area contributed by atoms with Crippen LogP contribution < -0.4 is 5.32 Å². The molecular formula is C15H23NO4. The lowest BCUT2D eigenvalue weighted by atomic mass is 10.1. The summed E-state index contributed by atoms with van der Waals surface area (Å²) in [4.78, 5) is 22.5. The average Bonchev–Trinajstić information content (AvgIpc) is 2.77. The molecule has 1 aromatic heterocycles. The van der Waals surface area contributed by atoms with E-state index in [2.05, 4.69) is 12.2 Å². The summed E-state index contributed by atoms with van der Waals surface area (Å²) in [6, 6.07) is 1.46. The molecule has 0 bridgehead atoms. The molecular weight excluding hydrogens is 258 g/mol. The molecule has 2 N–H and O–H groups in total. The second kappa shape index (κ2) is 8.40. The van der Waals surface area contributed by atoms with Gasteiger partial charge in [-0.3, -0.25) is 4.79 Å². The van der Waals surface area contributed by atoms with Gasteiger partial charge < -0.3 is 14.8 Å². The topological polar surface area (TPSA) is 79.5 Å². The highest BCUT2D eigenvalue weighted by Crippen LogP contribution is 2.14. The Morgan fingerprint density at radius 2 is 1.95 bits per heavy atom. The van der Waals surface area contributed by atoms with Crippen LogP contribution in [0.2, 0.25) is 0 Å². The van der Waals surface area contributed by atoms with Crippen molar-refractivity contribution in [3.63, 3.8) is 0 Å². The second-order valence-electron chi connectivity index (χ2n) is 4.93. The number of nitrogens with one attached hydrogen (secondary N) is 1. The molecule has 0 aliphatic rings. The van der Waals surface area contributed by atoms with Gasteiger partial charge in [0.1, 0.15) is 17.1 Å². The van der Waals surface area contributed by atoms with Gasteiger partial charge in [0.25, 0.3) is 0 Å². The summed E-state index contributed by atoms with van der Waals surface area (Å²) in [6.07, 6.45) is 6.05. The number of rotatable bonds is 9. The molecule has 1 aromatic rings. The smallest absolute Gasteiger partial charge is 0.339 e. The first kappa shape index (κ1) is 16.3. The molecule has 0 saturated heterocycles. The Balaban J connectivity index is 2.27. The highest BCUT2D eigenvalue weighted by molar-refractivity contribution is 5.88. The number of unbranched alkanes of at least 4 members (excludes halogenated alkanes) is 4. The molecule has 20 heavy (non-hydrogen) atoms. The van der Waals surface area contributed by atoms with Crippen molar-refractivity contribution < 1.29 is 19.1 Å². The lowest BCUT2D eigenvalue weighted by Gasteiger charge is -2.03. The molecule has 1 heterocycles. The fourth-order valence-electron chi connectivity index (χ4n) is 2.01. The van der Waals surface area contributed by atoms with E-state index in [-0.39, 0.29) is 18.0 Å². The average molecular weight is 281 g/mol. The number of hydrogen-bond acceptors (Lipinski definition) is 3. The number of aryl methyl sites for hydroxylation is 1. The van der Waals surface area contributed by atoms with Crippen molar-refractivity contribution in [3.8, 4) is 0 Å². The summed E-state index contributed by atoms with van der Waals surface area (Å²) in [6.45, 7) is 3.99. The summed E-state index contributed by atoms with van der Waals surface area (Å²) in [5, 5.41) is 11.6. The maximum Gasteiger partial charge on any atom is 0.339 e. The third-order valence-corrected chi connectivity index (χ3v) is 3.17. The van der Waals surface area contributed by atoms with Crippen molar-refractivity contribution in [3.05, 3.63) is 23.2 Å². The molecule has 5 nitrogen and oxygen atoms in total. The fourth-order valence-corrected chi connectivity index (χ4v) is 2.01. The number of furan rings is 1. The maximum absolute atomic E-state index is 11.6. The van der Waals surface area contributed by atoms with Crippen LogP contribution in [0.4, 0.5) is 0 Å². The summed E-state index contributed by atoms with van der Waals surface area (Å²) < 4.78 is 5.29. The Morgan fingerprint density at radius 1 is 1.25 bits per heavy atom. The molecule has 0 aliphatic carbocycles. The van der Waals surface area contributed by atoms with Crippen LogP contribution in [0, 0.1) is 6.92 Å². The molecule has 5 heteroatoms. The van der Waals surface area contributed by atoms with Crippen molar-refractivity contribution >= 4 is 11.9 Å². The Hall–Kier alpha value is -1.78. The van der Waals surface area contributed by atoms with E-state index in [0.29, 0.717) is 17.9 Å². The minimum atomic E-state index is -1.01. The maximum atomic E-state index is 11.6. The summed E-state index contributed by atoms with van der Waals surface area (Å²) in [5.74, 6) is -0.201. The van der Waals surface area contributed by atoms with Gasteiger partial charge in [-0.25, -0.2) is 4.79 Å². The van der Waals surface area contributed by atoms with E-state index in [1.165, 1.54) is 25.3 Å². The van der Waals surface area contributed by atoms with E-state index in [9.17, 15) is 9.59 Å². The molecule has 0 atom stereocenters. The molecule has 0 unspecified atom stereocenters. The highest BCUT2D eigenvalue weighted by atomic mass is 16.4. The summed E-state index contributed by atoms with van der Waals surface area (Å²) in [7, 11) is 0. The minimum Gasteiger partial charge on any atom is -0.478 e.